The maximum Gasteiger partial charge on any atom is 0.472 e. The van der Waals surface area contributed by atoms with Gasteiger partial charge in [-0.15, -0.1) is 0 Å². The molecule has 2 atom stereocenters. The van der Waals surface area contributed by atoms with E-state index in [9.17, 15) is 19.0 Å². The largest absolute Gasteiger partial charge is 0.472 e. The molecule has 10 heteroatoms. The molecule has 0 spiro atoms. The average molecular weight is 1070 g/mol. The summed E-state index contributed by atoms with van der Waals surface area (Å²) in [5.41, 5.74) is 5.37. The molecular weight excluding hydrogens is 954 g/mol. The number of phosphoric acid groups is 1. The maximum atomic E-state index is 12.7. The summed E-state index contributed by atoms with van der Waals surface area (Å²) >= 11 is 0. The number of phosphoric ester groups is 1. The topological polar surface area (TPSA) is 134 Å². The lowest BCUT2D eigenvalue weighted by atomic mass is 10.0. The van der Waals surface area contributed by atoms with E-state index in [0.717, 1.165) is 83.5 Å². The predicted molar refractivity (Wildman–Crippen MR) is 321 cm³/mol. The first kappa shape index (κ1) is 71.9. The number of hydrogen-bond donors (Lipinski definition) is 2. The number of hydrogen-bond acceptors (Lipinski definition) is 8. The number of carbonyl (C=O) groups excluding carboxylic acids is 2. The first-order chi connectivity index (χ1) is 36.8. The minimum Gasteiger partial charge on any atom is -0.462 e. The lowest BCUT2D eigenvalue weighted by Gasteiger charge is -2.19. The monoisotopic (exact) mass is 1070 g/mol. The molecule has 2 unspecified atom stereocenters. The Bertz CT molecular complexity index is 1550. The summed E-state index contributed by atoms with van der Waals surface area (Å²) in [6.45, 7) is 3.48. The van der Waals surface area contributed by atoms with Crippen molar-refractivity contribution < 1.29 is 37.6 Å². The van der Waals surface area contributed by atoms with Crippen LogP contribution in [0.1, 0.15) is 271 Å². The van der Waals surface area contributed by atoms with Crippen LogP contribution < -0.4 is 5.73 Å². The van der Waals surface area contributed by atoms with E-state index >= 15 is 0 Å². The van der Waals surface area contributed by atoms with Crippen LogP contribution in [0.3, 0.4) is 0 Å². The van der Waals surface area contributed by atoms with E-state index in [4.69, 9.17) is 24.3 Å². The molecule has 0 amide bonds. The van der Waals surface area contributed by atoms with Gasteiger partial charge in [-0.05, 0) is 89.9 Å². The molecule has 0 heterocycles. The zero-order chi connectivity index (χ0) is 54.5. The van der Waals surface area contributed by atoms with Crippen LogP contribution in [0, 0.1) is 0 Å². The summed E-state index contributed by atoms with van der Waals surface area (Å²) in [7, 11) is -4.40. The molecule has 0 aliphatic rings. The van der Waals surface area contributed by atoms with E-state index in [1.54, 1.807) is 0 Å². The van der Waals surface area contributed by atoms with Crippen molar-refractivity contribution in [3.8, 4) is 0 Å². The molecule has 9 nitrogen and oxygen atoms in total. The SMILES string of the molecule is CC/C=C\C/C=C\C/C=C\C/C=C\CCCCCCCCCCCCCCCCCCCCCCCCCCCCC(=O)OC(COC(=O)CCCC/C=C\C/C=C\C/C=C\C/C=C\CC)COP(=O)(O)OCCN. The molecule has 0 aromatic heterocycles. The molecule has 75 heavy (non-hydrogen) atoms. The van der Waals surface area contributed by atoms with Gasteiger partial charge in [-0.25, -0.2) is 4.57 Å². The Balaban J connectivity index is 3.80. The fourth-order valence-electron chi connectivity index (χ4n) is 8.50. The van der Waals surface area contributed by atoms with Gasteiger partial charge in [-0.2, -0.15) is 0 Å². The average Bonchev–Trinajstić information content (AvgIpc) is 3.40. The van der Waals surface area contributed by atoms with Gasteiger partial charge >= 0.3 is 19.8 Å². The van der Waals surface area contributed by atoms with Gasteiger partial charge in [0, 0.05) is 19.4 Å². The quantitative estimate of drug-likeness (QED) is 0.0264. The van der Waals surface area contributed by atoms with Crippen molar-refractivity contribution >= 4 is 19.8 Å². The third kappa shape index (κ3) is 60.0. The molecule has 432 valence electrons. The normalized spacial score (nSPS) is 13.7. The summed E-state index contributed by atoms with van der Waals surface area (Å²) in [6, 6.07) is 0. The third-order valence-corrected chi connectivity index (χ3v) is 13.9. The van der Waals surface area contributed by atoms with E-state index < -0.39 is 32.5 Å². The zero-order valence-corrected chi connectivity index (χ0v) is 49.2. The van der Waals surface area contributed by atoms with Crippen LogP contribution in [0.25, 0.3) is 0 Å². The number of allylic oxidation sites excluding steroid dienone is 16. The molecule has 3 N–H and O–H groups in total. The van der Waals surface area contributed by atoms with Crippen LogP contribution in [-0.4, -0.2) is 49.3 Å². The van der Waals surface area contributed by atoms with Gasteiger partial charge in [0.15, 0.2) is 6.10 Å². The highest BCUT2D eigenvalue weighted by Gasteiger charge is 2.26. The Morgan fingerprint density at radius 2 is 0.693 bits per heavy atom. The van der Waals surface area contributed by atoms with Crippen molar-refractivity contribution in [2.75, 3.05) is 26.4 Å². The zero-order valence-electron chi connectivity index (χ0n) is 48.3. The van der Waals surface area contributed by atoms with Gasteiger partial charge < -0.3 is 20.1 Å². The van der Waals surface area contributed by atoms with Crippen molar-refractivity contribution in [1.29, 1.82) is 0 Å². The second kappa shape index (κ2) is 60.2. The van der Waals surface area contributed by atoms with Crippen molar-refractivity contribution in [2.24, 2.45) is 5.73 Å². The smallest absolute Gasteiger partial charge is 0.462 e. The Morgan fingerprint density at radius 1 is 0.400 bits per heavy atom. The molecule has 0 radical (unpaired) electrons. The summed E-state index contributed by atoms with van der Waals surface area (Å²) in [6.07, 6.45) is 80.8. The van der Waals surface area contributed by atoms with Crippen LogP contribution in [0.4, 0.5) is 0 Å². The molecule has 0 rings (SSSR count). The standard InChI is InChI=1S/C65H114NO8P/c1-3-5-7-9-11-13-15-17-19-20-21-22-23-24-25-26-27-28-29-30-31-32-33-34-35-36-37-38-39-40-41-42-44-46-48-50-52-54-56-58-65(68)74-63(62-73-75(69,70)72-60-59-66)61-71-64(67)57-55-53-51-49-47-45-43-18-16-14-12-10-8-6-4-2/h5-8,11-14,17-19,21-22,43,47,49,63H,3-4,9-10,15-16,20,23-42,44-46,48,50-62,66H2,1-2H3,(H,69,70)/b7-5-,8-6-,13-11-,14-12-,19-17-,22-21-,43-18-,49-47-. The van der Waals surface area contributed by atoms with Crippen LogP contribution >= 0.6 is 7.82 Å². The van der Waals surface area contributed by atoms with Crippen LogP contribution in [-0.2, 0) is 32.7 Å². The van der Waals surface area contributed by atoms with Gasteiger partial charge in [0.2, 0.25) is 0 Å². The number of ether oxygens (including phenoxy) is 2. The summed E-state index contributed by atoms with van der Waals surface area (Å²) in [5.74, 6) is -0.872. The minimum absolute atomic E-state index is 0.0454. The van der Waals surface area contributed by atoms with E-state index in [1.807, 2.05) is 0 Å². The van der Waals surface area contributed by atoms with E-state index in [-0.39, 0.29) is 32.6 Å². The van der Waals surface area contributed by atoms with Crippen LogP contribution in [0.2, 0.25) is 0 Å². The Hall–Kier alpha value is -3.07. The number of rotatable bonds is 57. The molecule has 0 bridgehead atoms. The number of esters is 2. The van der Waals surface area contributed by atoms with Crippen molar-refractivity contribution in [3.63, 3.8) is 0 Å². The molecule has 0 aliphatic carbocycles. The highest BCUT2D eigenvalue weighted by molar-refractivity contribution is 7.47. The van der Waals surface area contributed by atoms with Gasteiger partial charge in [-0.1, -0.05) is 265 Å². The van der Waals surface area contributed by atoms with Gasteiger partial charge in [0.25, 0.3) is 0 Å². The predicted octanol–water partition coefficient (Wildman–Crippen LogP) is 19.6. The lowest BCUT2D eigenvalue weighted by molar-refractivity contribution is -0.161. The van der Waals surface area contributed by atoms with Crippen LogP contribution in [0.15, 0.2) is 97.2 Å². The Morgan fingerprint density at radius 3 is 1.05 bits per heavy atom. The van der Waals surface area contributed by atoms with E-state index in [0.29, 0.717) is 12.8 Å². The maximum absolute atomic E-state index is 12.7. The second-order valence-electron chi connectivity index (χ2n) is 20.2. The Kier molecular flexibility index (Phi) is 57.7. The molecule has 0 aromatic rings. The van der Waals surface area contributed by atoms with Gasteiger partial charge in [0.1, 0.15) is 6.61 Å². The summed E-state index contributed by atoms with van der Waals surface area (Å²) < 4.78 is 32.9. The molecule has 0 fully saturated rings. The third-order valence-electron chi connectivity index (χ3n) is 13.0. The first-order valence-electron chi connectivity index (χ1n) is 30.7. The lowest BCUT2D eigenvalue weighted by Crippen LogP contribution is -2.29. The van der Waals surface area contributed by atoms with E-state index in [1.165, 1.54) is 148 Å². The highest BCUT2D eigenvalue weighted by atomic mass is 31.2. The second-order valence-corrected chi connectivity index (χ2v) is 21.6. The number of carbonyl (C=O) groups is 2. The molecular formula is C65H114NO8P. The van der Waals surface area contributed by atoms with E-state index in [2.05, 4.69) is 111 Å². The molecule has 0 saturated heterocycles. The fraction of sp³-hybridized carbons (Fsp3) is 0.723. The van der Waals surface area contributed by atoms with Crippen LogP contribution in [0.5, 0.6) is 0 Å². The van der Waals surface area contributed by atoms with Crippen molar-refractivity contribution in [1.82, 2.24) is 0 Å². The van der Waals surface area contributed by atoms with Crippen molar-refractivity contribution in [2.45, 2.75) is 277 Å². The van der Waals surface area contributed by atoms with Gasteiger partial charge in [-0.3, -0.25) is 18.6 Å². The minimum atomic E-state index is -4.40. The fourth-order valence-corrected chi connectivity index (χ4v) is 9.27. The first-order valence-corrected chi connectivity index (χ1v) is 32.2. The summed E-state index contributed by atoms with van der Waals surface area (Å²) in [4.78, 5) is 35.1. The van der Waals surface area contributed by atoms with Gasteiger partial charge in [0.05, 0.1) is 13.2 Å². The number of nitrogens with two attached hydrogens (primary N) is 1. The van der Waals surface area contributed by atoms with Crippen molar-refractivity contribution in [3.05, 3.63) is 97.2 Å². The molecule has 0 aromatic carbocycles. The Labute approximate surface area is 461 Å². The highest BCUT2D eigenvalue weighted by Crippen LogP contribution is 2.43. The number of unbranched alkanes of at least 4 members (excludes halogenated alkanes) is 28. The summed E-state index contributed by atoms with van der Waals surface area (Å²) in [5, 5.41) is 0. The molecule has 0 saturated carbocycles. The molecule has 0 aliphatic heterocycles.